The summed E-state index contributed by atoms with van der Waals surface area (Å²) >= 11 is 0. The van der Waals surface area contributed by atoms with Gasteiger partial charge in [0.15, 0.2) is 0 Å². The molecule has 0 saturated carbocycles. The number of carbonyl (C=O) groups excluding carboxylic acids is 1. The average Bonchev–Trinajstić information content (AvgIpc) is 3.30. The monoisotopic (exact) mass is 518 g/mol. The molecule has 2 heterocycles. The number of alkyl halides is 3. The van der Waals surface area contributed by atoms with Crippen molar-refractivity contribution in [1.29, 1.82) is 0 Å². The van der Waals surface area contributed by atoms with Crippen LogP contribution in [0, 0.1) is 10.1 Å². The first kappa shape index (κ1) is 24.8. The SMILES string of the molecule is O=C(Nc1cccc(C(F)(F)F)c1)OCc1cnc(-c2cc3nc(C(=O)O)c(=O)[nH]c3cc2[N+](=O)[O-])[nH]1. The smallest absolute Gasteiger partial charge is 0.416 e. The second kappa shape index (κ2) is 9.40. The molecule has 0 aliphatic heterocycles. The number of aromatic nitrogens is 4. The molecule has 0 aliphatic rings. The lowest BCUT2D eigenvalue weighted by molar-refractivity contribution is -0.384. The van der Waals surface area contributed by atoms with Gasteiger partial charge in [-0.1, -0.05) is 6.07 Å². The van der Waals surface area contributed by atoms with E-state index in [1.54, 1.807) is 0 Å². The van der Waals surface area contributed by atoms with Crippen LogP contribution in [0.1, 0.15) is 21.7 Å². The van der Waals surface area contributed by atoms with Crippen molar-refractivity contribution in [2.75, 3.05) is 5.32 Å². The number of hydrogen-bond acceptors (Lipinski definition) is 8. The molecule has 0 fully saturated rings. The van der Waals surface area contributed by atoms with Crippen molar-refractivity contribution >= 4 is 34.5 Å². The van der Waals surface area contributed by atoms with Crippen molar-refractivity contribution in [3.8, 4) is 11.4 Å². The summed E-state index contributed by atoms with van der Waals surface area (Å²) in [5.74, 6) is -1.65. The number of imidazole rings is 1. The van der Waals surface area contributed by atoms with Crippen LogP contribution in [0.5, 0.6) is 0 Å². The molecule has 2 aromatic carbocycles. The number of benzene rings is 2. The highest BCUT2D eigenvalue weighted by molar-refractivity contribution is 5.91. The van der Waals surface area contributed by atoms with E-state index in [4.69, 9.17) is 9.84 Å². The van der Waals surface area contributed by atoms with Crippen LogP contribution < -0.4 is 10.9 Å². The Bertz CT molecular complexity index is 1610. The maximum Gasteiger partial charge on any atom is 0.416 e. The molecule has 0 unspecified atom stereocenters. The van der Waals surface area contributed by atoms with Crippen molar-refractivity contribution in [3.05, 3.63) is 80.0 Å². The number of H-pyrrole nitrogens is 2. The Hall–Kier alpha value is -5.28. The van der Waals surface area contributed by atoms with E-state index in [9.17, 15) is 37.7 Å². The van der Waals surface area contributed by atoms with Crippen molar-refractivity contribution in [1.82, 2.24) is 19.9 Å². The lowest BCUT2D eigenvalue weighted by Gasteiger charge is -2.10. The van der Waals surface area contributed by atoms with Gasteiger partial charge < -0.3 is 19.8 Å². The zero-order chi connectivity index (χ0) is 26.9. The van der Waals surface area contributed by atoms with Gasteiger partial charge in [-0.15, -0.1) is 0 Å². The fraction of sp³-hybridized carbons (Fsp3) is 0.0952. The summed E-state index contributed by atoms with van der Waals surface area (Å²) < 4.78 is 43.4. The second-order valence-electron chi connectivity index (χ2n) is 7.40. The minimum atomic E-state index is -4.60. The van der Waals surface area contributed by atoms with E-state index >= 15 is 0 Å². The van der Waals surface area contributed by atoms with E-state index in [1.165, 1.54) is 12.3 Å². The van der Waals surface area contributed by atoms with E-state index in [2.05, 4.69) is 25.3 Å². The molecule has 4 N–H and O–H groups in total. The number of aromatic amines is 2. The summed E-state index contributed by atoms with van der Waals surface area (Å²) in [6.07, 6.45) is -4.47. The van der Waals surface area contributed by atoms with E-state index in [0.29, 0.717) is 0 Å². The van der Waals surface area contributed by atoms with Gasteiger partial charge >= 0.3 is 18.2 Å². The first-order valence-corrected chi connectivity index (χ1v) is 10.0. The third kappa shape index (κ3) is 5.37. The third-order valence-electron chi connectivity index (χ3n) is 4.89. The molecule has 0 aliphatic carbocycles. The molecule has 4 rings (SSSR count). The summed E-state index contributed by atoms with van der Waals surface area (Å²) in [4.78, 5) is 58.5. The van der Waals surface area contributed by atoms with Gasteiger partial charge in [0.1, 0.15) is 12.4 Å². The Morgan fingerprint density at radius 1 is 1.19 bits per heavy atom. The summed E-state index contributed by atoms with van der Waals surface area (Å²) in [7, 11) is 0. The number of nitrogens with one attached hydrogen (secondary N) is 3. The number of carbonyl (C=O) groups is 2. The zero-order valence-corrected chi connectivity index (χ0v) is 18.1. The molecule has 13 nitrogen and oxygen atoms in total. The van der Waals surface area contributed by atoms with Gasteiger partial charge in [-0.3, -0.25) is 20.2 Å². The number of carboxylic acid groups (broad SMARTS) is 1. The van der Waals surface area contributed by atoms with Crippen LogP contribution >= 0.6 is 0 Å². The highest BCUT2D eigenvalue weighted by Crippen LogP contribution is 2.32. The molecular formula is C21H13F3N6O7. The molecule has 0 spiro atoms. The van der Waals surface area contributed by atoms with Crippen molar-refractivity contribution in [2.45, 2.75) is 12.8 Å². The number of aromatic carboxylic acids is 1. The number of halogens is 3. The number of hydrogen-bond donors (Lipinski definition) is 4. The number of nitrogens with zero attached hydrogens (tertiary/aromatic N) is 3. The first-order valence-electron chi connectivity index (χ1n) is 10.0. The summed E-state index contributed by atoms with van der Waals surface area (Å²) in [6, 6.07) is 6.06. The lowest BCUT2D eigenvalue weighted by Crippen LogP contribution is -2.19. The van der Waals surface area contributed by atoms with Crippen molar-refractivity contribution < 1.29 is 37.5 Å². The maximum absolute atomic E-state index is 12.8. The van der Waals surface area contributed by atoms with Crippen LogP contribution in [0.25, 0.3) is 22.4 Å². The molecule has 0 atom stereocenters. The van der Waals surface area contributed by atoms with Gasteiger partial charge in [0, 0.05) is 11.8 Å². The van der Waals surface area contributed by atoms with Gasteiger partial charge in [-0.05, 0) is 24.3 Å². The fourth-order valence-electron chi connectivity index (χ4n) is 3.25. The van der Waals surface area contributed by atoms with Crippen LogP contribution in [-0.2, 0) is 17.5 Å². The van der Waals surface area contributed by atoms with Gasteiger partial charge in [-0.2, -0.15) is 13.2 Å². The predicted octanol–water partition coefficient (Wildman–Crippen LogP) is 3.69. The highest BCUT2D eigenvalue weighted by atomic mass is 19.4. The average molecular weight is 518 g/mol. The van der Waals surface area contributed by atoms with Crippen LogP contribution in [0.2, 0.25) is 0 Å². The summed E-state index contributed by atoms with van der Waals surface area (Å²) in [5, 5.41) is 22.8. The van der Waals surface area contributed by atoms with Crippen LogP contribution in [-0.4, -0.2) is 42.0 Å². The number of carboxylic acids is 1. The summed E-state index contributed by atoms with van der Waals surface area (Å²) in [6.45, 7) is -0.423. The number of ether oxygens (including phenoxy) is 1. The number of rotatable bonds is 6. The summed E-state index contributed by atoms with van der Waals surface area (Å²) in [5.41, 5.74) is -3.53. The number of anilines is 1. The third-order valence-corrected chi connectivity index (χ3v) is 4.89. The largest absolute Gasteiger partial charge is 0.476 e. The normalized spacial score (nSPS) is 11.3. The zero-order valence-electron chi connectivity index (χ0n) is 18.1. The van der Waals surface area contributed by atoms with Crippen LogP contribution in [0.3, 0.4) is 0 Å². The number of nitro benzene ring substituents is 1. The molecule has 190 valence electrons. The Morgan fingerprint density at radius 2 is 1.95 bits per heavy atom. The standard InChI is InChI=1S/C21H13F3N6O7/c22-21(23,24)9-2-1-3-10(4-9)27-20(34)37-8-11-7-25-17(26-11)12-5-13-14(6-15(12)30(35)36)29-18(31)16(28-13)19(32)33/h1-7H,8H2,(H,25,26)(H,27,34)(H,29,31)(H,32,33). The molecule has 0 saturated heterocycles. The van der Waals surface area contributed by atoms with Crippen LogP contribution in [0.15, 0.2) is 47.4 Å². The molecule has 0 radical (unpaired) electrons. The van der Waals surface area contributed by atoms with Gasteiger partial charge in [0.2, 0.25) is 5.69 Å². The van der Waals surface area contributed by atoms with Crippen molar-refractivity contribution in [3.63, 3.8) is 0 Å². The molecule has 4 aromatic rings. The topological polar surface area (TPSA) is 193 Å². The Kier molecular flexibility index (Phi) is 6.31. The Labute approximate surface area is 202 Å². The Balaban J connectivity index is 1.54. The molecule has 37 heavy (non-hydrogen) atoms. The predicted molar refractivity (Wildman–Crippen MR) is 119 cm³/mol. The van der Waals surface area contributed by atoms with Gasteiger partial charge in [0.25, 0.3) is 11.2 Å². The first-order chi connectivity index (χ1) is 17.4. The van der Waals surface area contributed by atoms with E-state index in [1.807, 2.05) is 0 Å². The maximum atomic E-state index is 12.8. The van der Waals surface area contributed by atoms with Crippen LogP contribution in [0.4, 0.5) is 29.3 Å². The van der Waals surface area contributed by atoms with E-state index < -0.39 is 52.3 Å². The lowest BCUT2D eigenvalue weighted by atomic mass is 10.1. The number of fused-ring (bicyclic) bond motifs is 1. The molecule has 1 amide bonds. The Morgan fingerprint density at radius 3 is 2.62 bits per heavy atom. The minimum absolute atomic E-state index is 0.0599. The number of amides is 1. The van der Waals surface area contributed by atoms with E-state index in [0.717, 1.165) is 30.3 Å². The number of nitro groups is 1. The highest BCUT2D eigenvalue weighted by Gasteiger charge is 2.30. The molecule has 2 aromatic heterocycles. The van der Waals surface area contributed by atoms with E-state index in [-0.39, 0.29) is 33.8 Å². The van der Waals surface area contributed by atoms with Gasteiger partial charge in [0.05, 0.1) is 39.0 Å². The molecular weight excluding hydrogens is 505 g/mol. The molecule has 16 heteroatoms. The minimum Gasteiger partial charge on any atom is -0.476 e. The quantitative estimate of drug-likeness (QED) is 0.218. The van der Waals surface area contributed by atoms with Crippen molar-refractivity contribution in [2.24, 2.45) is 0 Å². The second-order valence-corrected chi connectivity index (χ2v) is 7.40. The van der Waals surface area contributed by atoms with Gasteiger partial charge in [-0.25, -0.2) is 19.6 Å². The molecule has 0 bridgehead atoms. The fourth-order valence-corrected chi connectivity index (χ4v) is 3.25.